The number of rotatable bonds is 7. The molecule has 0 aromatic carbocycles. The van der Waals surface area contributed by atoms with E-state index in [9.17, 15) is 9.59 Å². The fourth-order valence-electron chi connectivity index (χ4n) is 4.29. The van der Waals surface area contributed by atoms with Crippen molar-refractivity contribution in [1.29, 1.82) is 0 Å². The van der Waals surface area contributed by atoms with Gasteiger partial charge < -0.3 is 10.1 Å². The van der Waals surface area contributed by atoms with Crippen molar-refractivity contribution in [2.45, 2.75) is 77.7 Å². The molecule has 1 atom stereocenters. The van der Waals surface area contributed by atoms with E-state index in [1.807, 2.05) is 6.92 Å². The van der Waals surface area contributed by atoms with Gasteiger partial charge in [0.2, 0.25) is 5.91 Å². The Bertz CT molecular complexity index is 407. The van der Waals surface area contributed by atoms with Crippen LogP contribution >= 0.6 is 0 Å². The quantitative estimate of drug-likeness (QED) is 0.770. The van der Waals surface area contributed by atoms with Crippen molar-refractivity contribution in [3.05, 3.63) is 0 Å². The number of Topliss-reactive ketones (excluding diaryl/α,β-unsaturated/α-hetero) is 1. The first-order valence-electron chi connectivity index (χ1n) is 9.82. The van der Waals surface area contributed by atoms with Gasteiger partial charge in [0.05, 0.1) is 12.6 Å². The number of amides is 1. The van der Waals surface area contributed by atoms with E-state index in [4.69, 9.17) is 4.74 Å². The van der Waals surface area contributed by atoms with Crippen molar-refractivity contribution in [2.24, 2.45) is 23.7 Å². The molecule has 0 bridgehead atoms. The second kappa shape index (κ2) is 9.55. The molecule has 0 aromatic rings. The minimum absolute atomic E-state index is 0.00623. The molecule has 0 aromatic heterocycles. The summed E-state index contributed by atoms with van der Waals surface area (Å²) >= 11 is 0. The maximum atomic E-state index is 12.3. The molecule has 2 aliphatic carbocycles. The first-order valence-corrected chi connectivity index (χ1v) is 9.82. The normalized spacial score (nSPS) is 32.1. The van der Waals surface area contributed by atoms with Gasteiger partial charge >= 0.3 is 0 Å². The minimum Gasteiger partial charge on any atom is -0.381 e. The number of hydrogen-bond acceptors (Lipinski definition) is 3. The zero-order valence-electron chi connectivity index (χ0n) is 15.7. The summed E-state index contributed by atoms with van der Waals surface area (Å²) in [4.78, 5) is 24.6. The maximum absolute atomic E-state index is 12.3. The predicted octanol–water partition coefficient (Wildman–Crippen LogP) is 3.73. The van der Waals surface area contributed by atoms with Gasteiger partial charge in [0.15, 0.2) is 5.78 Å². The van der Waals surface area contributed by atoms with Gasteiger partial charge in [0, 0.05) is 18.9 Å². The largest absolute Gasteiger partial charge is 0.381 e. The topological polar surface area (TPSA) is 55.4 Å². The number of hydrogen-bond donors (Lipinski definition) is 1. The summed E-state index contributed by atoms with van der Waals surface area (Å²) in [6, 6.07) is 0. The smallest absolute Gasteiger partial charge is 0.223 e. The summed E-state index contributed by atoms with van der Waals surface area (Å²) in [6.45, 7) is 4.47. The Kier molecular flexibility index (Phi) is 7.73. The SMILES string of the molecule is COC1CCC(C[C@H](C)C(=O)NCC(=O)C2CCC(C)CC2)CC1. The van der Waals surface area contributed by atoms with Crippen LogP contribution in [0, 0.1) is 23.7 Å². The van der Waals surface area contributed by atoms with Crippen molar-refractivity contribution < 1.29 is 14.3 Å². The van der Waals surface area contributed by atoms with Crippen molar-refractivity contribution in [3.63, 3.8) is 0 Å². The third kappa shape index (κ3) is 5.87. The molecule has 1 amide bonds. The Morgan fingerprint density at radius 2 is 1.67 bits per heavy atom. The Labute approximate surface area is 147 Å². The number of carbonyl (C=O) groups excluding carboxylic acids is 2. The van der Waals surface area contributed by atoms with Crippen LogP contribution < -0.4 is 5.32 Å². The third-order valence-electron chi connectivity index (χ3n) is 6.17. The summed E-state index contributed by atoms with van der Waals surface area (Å²) in [5, 5.41) is 2.89. The summed E-state index contributed by atoms with van der Waals surface area (Å²) in [7, 11) is 1.78. The number of carbonyl (C=O) groups is 2. The van der Waals surface area contributed by atoms with Gasteiger partial charge in [-0.05, 0) is 56.8 Å². The molecule has 0 unspecified atom stereocenters. The molecule has 138 valence electrons. The van der Waals surface area contributed by atoms with Crippen molar-refractivity contribution in [3.8, 4) is 0 Å². The minimum atomic E-state index is -0.00623. The van der Waals surface area contributed by atoms with Crippen LogP contribution in [0.4, 0.5) is 0 Å². The molecule has 2 aliphatic rings. The highest BCUT2D eigenvalue weighted by atomic mass is 16.5. The second-order valence-corrected chi connectivity index (χ2v) is 8.16. The Balaban J connectivity index is 1.65. The van der Waals surface area contributed by atoms with Crippen LogP contribution in [0.2, 0.25) is 0 Å². The van der Waals surface area contributed by atoms with Gasteiger partial charge in [-0.2, -0.15) is 0 Å². The molecule has 0 spiro atoms. The number of ether oxygens (including phenoxy) is 1. The average molecular weight is 338 g/mol. The molecule has 4 nitrogen and oxygen atoms in total. The van der Waals surface area contributed by atoms with E-state index >= 15 is 0 Å². The van der Waals surface area contributed by atoms with E-state index in [0.717, 1.165) is 63.7 Å². The molecular weight excluding hydrogens is 302 g/mol. The summed E-state index contributed by atoms with van der Waals surface area (Å²) in [6.07, 6.45) is 10.1. The van der Waals surface area contributed by atoms with Crippen molar-refractivity contribution >= 4 is 11.7 Å². The molecule has 2 saturated carbocycles. The molecule has 4 heteroatoms. The van der Waals surface area contributed by atoms with Crippen LogP contribution in [0.5, 0.6) is 0 Å². The van der Waals surface area contributed by atoms with E-state index in [0.29, 0.717) is 12.0 Å². The van der Waals surface area contributed by atoms with Gasteiger partial charge in [-0.25, -0.2) is 0 Å². The van der Waals surface area contributed by atoms with E-state index < -0.39 is 0 Å². The van der Waals surface area contributed by atoms with E-state index in [1.165, 1.54) is 0 Å². The molecule has 0 radical (unpaired) electrons. The van der Waals surface area contributed by atoms with Crippen LogP contribution in [0.15, 0.2) is 0 Å². The standard InChI is InChI=1S/C20H35NO3/c1-14-4-8-17(9-5-14)19(22)13-21-20(23)15(2)12-16-6-10-18(24-3)11-7-16/h14-18H,4-13H2,1-3H3,(H,21,23)/t14?,15-,16?,17?,18?/m0/s1. The van der Waals surface area contributed by atoms with Crippen molar-refractivity contribution in [1.82, 2.24) is 5.32 Å². The monoisotopic (exact) mass is 337 g/mol. The number of methoxy groups -OCH3 is 1. The lowest BCUT2D eigenvalue weighted by molar-refractivity contribution is -0.129. The molecule has 0 aliphatic heterocycles. The molecular formula is C20H35NO3. The Morgan fingerprint density at radius 1 is 1.04 bits per heavy atom. The van der Waals surface area contributed by atoms with Crippen LogP contribution in [0.1, 0.15) is 71.6 Å². The van der Waals surface area contributed by atoms with Crippen molar-refractivity contribution in [2.75, 3.05) is 13.7 Å². The summed E-state index contributed by atoms with van der Waals surface area (Å²) in [5.74, 6) is 1.79. The lowest BCUT2D eigenvalue weighted by atomic mass is 9.80. The second-order valence-electron chi connectivity index (χ2n) is 8.16. The van der Waals surface area contributed by atoms with Crippen LogP contribution in [0.25, 0.3) is 0 Å². The highest BCUT2D eigenvalue weighted by Crippen LogP contribution is 2.31. The first kappa shape index (κ1) is 19.4. The fourth-order valence-corrected chi connectivity index (χ4v) is 4.29. The van der Waals surface area contributed by atoms with Crippen LogP contribution in [-0.4, -0.2) is 31.4 Å². The predicted molar refractivity (Wildman–Crippen MR) is 95.7 cm³/mol. The summed E-state index contributed by atoms with van der Waals surface area (Å²) < 4.78 is 5.40. The lowest BCUT2D eigenvalue weighted by Gasteiger charge is -2.29. The van der Waals surface area contributed by atoms with E-state index in [-0.39, 0.29) is 30.1 Å². The molecule has 1 N–H and O–H groups in total. The number of nitrogens with one attached hydrogen (secondary N) is 1. The van der Waals surface area contributed by atoms with Gasteiger partial charge in [-0.1, -0.05) is 26.7 Å². The van der Waals surface area contributed by atoms with E-state index in [2.05, 4.69) is 12.2 Å². The van der Waals surface area contributed by atoms with Crippen LogP contribution in [-0.2, 0) is 14.3 Å². The van der Waals surface area contributed by atoms with E-state index in [1.54, 1.807) is 7.11 Å². The molecule has 0 heterocycles. The Hall–Kier alpha value is -0.900. The average Bonchev–Trinajstić information content (AvgIpc) is 2.60. The third-order valence-corrected chi connectivity index (χ3v) is 6.17. The highest BCUT2D eigenvalue weighted by molar-refractivity contribution is 5.88. The first-order chi connectivity index (χ1) is 11.5. The van der Waals surface area contributed by atoms with Gasteiger partial charge in [-0.3, -0.25) is 9.59 Å². The zero-order chi connectivity index (χ0) is 17.5. The fraction of sp³-hybridized carbons (Fsp3) is 0.900. The van der Waals surface area contributed by atoms with Gasteiger partial charge in [0.1, 0.15) is 0 Å². The molecule has 0 saturated heterocycles. The maximum Gasteiger partial charge on any atom is 0.223 e. The van der Waals surface area contributed by atoms with Crippen LogP contribution in [0.3, 0.4) is 0 Å². The zero-order valence-corrected chi connectivity index (χ0v) is 15.7. The Morgan fingerprint density at radius 3 is 2.25 bits per heavy atom. The summed E-state index contributed by atoms with van der Waals surface area (Å²) in [5.41, 5.74) is 0. The van der Waals surface area contributed by atoms with Gasteiger partial charge in [-0.15, -0.1) is 0 Å². The number of ketones is 1. The van der Waals surface area contributed by atoms with Gasteiger partial charge in [0.25, 0.3) is 0 Å². The molecule has 2 fully saturated rings. The lowest BCUT2D eigenvalue weighted by Crippen LogP contribution is -2.37. The molecule has 24 heavy (non-hydrogen) atoms. The highest BCUT2D eigenvalue weighted by Gasteiger charge is 2.27. The molecule has 2 rings (SSSR count).